The van der Waals surface area contributed by atoms with Crippen molar-refractivity contribution in [2.75, 3.05) is 39.3 Å². The first-order valence-electron chi connectivity index (χ1n) is 7.99. The van der Waals surface area contributed by atoms with Crippen LogP contribution in [-0.4, -0.2) is 61.0 Å². The minimum atomic E-state index is 0.0932. The summed E-state index contributed by atoms with van der Waals surface area (Å²) < 4.78 is 0. The van der Waals surface area contributed by atoms with Crippen molar-refractivity contribution in [3.63, 3.8) is 0 Å². The van der Waals surface area contributed by atoms with Gasteiger partial charge in [0.1, 0.15) is 0 Å². The summed E-state index contributed by atoms with van der Waals surface area (Å²) in [6.07, 6.45) is 4.60. The Bertz CT molecular complexity index is 287. The predicted octanol–water partition coefficient (Wildman–Crippen LogP) is 1.32. The first-order valence-corrected chi connectivity index (χ1v) is 7.99. The molecule has 0 bridgehead atoms. The predicted molar refractivity (Wildman–Crippen MR) is 78.1 cm³/mol. The largest absolute Gasteiger partial charge is 0.341 e. The van der Waals surface area contributed by atoms with Gasteiger partial charge in [-0.05, 0) is 57.8 Å². The Kier molecular flexibility index (Phi) is 5.64. The van der Waals surface area contributed by atoms with E-state index in [0.29, 0.717) is 5.91 Å². The van der Waals surface area contributed by atoms with Crippen molar-refractivity contribution in [2.45, 2.75) is 45.6 Å². The minimum absolute atomic E-state index is 0.0932. The first-order chi connectivity index (χ1) is 9.24. The molecule has 110 valence electrons. The van der Waals surface area contributed by atoms with Crippen LogP contribution in [0.25, 0.3) is 0 Å². The van der Waals surface area contributed by atoms with Gasteiger partial charge in [-0.25, -0.2) is 0 Å². The first kappa shape index (κ1) is 14.8. The highest BCUT2D eigenvalue weighted by Crippen LogP contribution is 2.21. The molecule has 2 aliphatic heterocycles. The quantitative estimate of drug-likeness (QED) is 0.788. The van der Waals surface area contributed by atoms with Gasteiger partial charge in [-0.1, -0.05) is 13.8 Å². The van der Waals surface area contributed by atoms with E-state index in [1.807, 2.05) is 0 Å². The second kappa shape index (κ2) is 7.25. The zero-order chi connectivity index (χ0) is 13.7. The fourth-order valence-corrected chi connectivity index (χ4v) is 3.23. The Morgan fingerprint density at radius 1 is 1.16 bits per heavy atom. The van der Waals surface area contributed by atoms with E-state index < -0.39 is 0 Å². The zero-order valence-electron chi connectivity index (χ0n) is 12.5. The van der Waals surface area contributed by atoms with Crippen LogP contribution in [-0.2, 0) is 4.79 Å². The smallest absolute Gasteiger partial charge is 0.239 e. The number of likely N-dealkylation sites (tertiary alicyclic amines) is 2. The highest BCUT2D eigenvalue weighted by Gasteiger charge is 2.32. The van der Waals surface area contributed by atoms with Gasteiger partial charge in [-0.15, -0.1) is 0 Å². The van der Waals surface area contributed by atoms with Gasteiger partial charge in [0.25, 0.3) is 0 Å². The van der Waals surface area contributed by atoms with Gasteiger partial charge < -0.3 is 15.1 Å². The molecular weight excluding hydrogens is 238 g/mol. The Labute approximate surface area is 117 Å². The molecule has 2 saturated heterocycles. The summed E-state index contributed by atoms with van der Waals surface area (Å²) in [7, 11) is 0. The molecule has 1 N–H and O–H groups in total. The molecule has 0 saturated carbocycles. The third-order valence-electron chi connectivity index (χ3n) is 4.57. The molecule has 0 radical (unpaired) electrons. The molecular formula is C15H29N3O. The number of amides is 1. The van der Waals surface area contributed by atoms with Crippen molar-refractivity contribution in [1.29, 1.82) is 0 Å². The molecule has 2 rings (SSSR count). The average molecular weight is 267 g/mol. The standard InChI is InChI=1S/C15H29N3O/c1-3-8-16-14-7-11-18(15(14)19)12-13-5-9-17(4-2)10-6-13/h13-14,16H,3-12H2,1-2H3. The fourth-order valence-electron chi connectivity index (χ4n) is 3.23. The highest BCUT2D eigenvalue weighted by atomic mass is 16.2. The highest BCUT2D eigenvalue weighted by molar-refractivity contribution is 5.83. The molecule has 2 aliphatic rings. The van der Waals surface area contributed by atoms with Crippen LogP contribution in [0.5, 0.6) is 0 Å². The van der Waals surface area contributed by atoms with Crippen molar-refractivity contribution in [1.82, 2.24) is 15.1 Å². The van der Waals surface area contributed by atoms with Crippen LogP contribution in [0.1, 0.15) is 39.5 Å². The number of carbonyl (C=O) groups excluding carboxylic acids is 1. The summed E-state index contributed by atoms with van der Waals surface area (Å²) in [5, 5.41) is 3.37. The lowest BCUT2D eigenvalue weighted by Crippen LogP contribution is -2.42. The number of hydrogen-bond acceptors (Lipinski definition) is 3. The molecule has 1 amide bonds. The molecule has 0 aromatic heterocycles. The molecule has 0 spiro atoms. The SMILES string of the molecule is CCCNC1CCN(CC2CCN(CC)CC2)C1=O. The molecule has 2 fully saturated rings. The van der Waals surface area contributed by atoms with Crippen LogP contribution in [0, 0.1) is 5.92 Å². The summed E-state index contributed by atoms with van der Waals surface area (Å²) >= 11 is 0. The summed E-state index contributed by atoms with van der Waals surface area (Å²) in [6.45, 7) is 10.9. The van der Waals surface area contributed by atoms with E-state index in [1.54, 1.807) is 0 Å². The third-order valence-corrected chi connectivity index (χ3v) is 4.57. The van der Waals surface area contributed by atoms with Gasteiger partial charge in [0.05, 0.1) is 6.04 Å². The van der Waals surface area contributed by atoms with Gasteiger partial charge >= 0.3 is 0 Å². The van der Waals surface area contributed by atoms with Crippen molar-refractivity contribution >= 4 is 5.91 Å². The number of rotatable bonds is 6. The van der Waals surface area contributed by atoms with Crippen molar-refractivity contribution < 1.29 is 4.79 Å². The van der Waals surface area contributed by atoms with Gasteiger partial charge in [0.15, 0.2) is 0 Å². The summed E-state index contributed by atoms with van der Waals surface area (Å²) in [5.41, 5.74) is 0. The van der Waals surface area contributed by atoms with Crippen LogP contribution in [0.3, 0.4) is 0 Å². The Hall–Kier alpha value is -0.610. The second-order valence-electron chi connectivity index (χ2n) is 5.96. The summed E-state index contributed by atoms with van der Waals surface area (Å²) in [6, 6.07) is 0.0932. The normalized spacial score (nSPS) is 26.3. The van der Waals surface area contributed by atoms with Crippen LogP contribution in [0.2, 0.25) is 0 Å². The molecule has 0 aliphatic carbocycles. The lowest BCUT2D eigenvalue weighted by atomic mass is 9.96. The molecule has 19 heavy (non-hydrogen) atoms. The van der Waals surface area contributed by atoms with E-state index >= 15 is 0 Å². The maximum absolute atomic E-state index is 12.3. The maximum Gasteiger partial charge on any atom is 0.239 e. The summed E-state index contributed by atoms with van der Waals surface area (Å²) in [4.78, 5) is 16.9. The van der Waals surface area contributed by atoms with Gasteiger partial charge in [-0.2, -0.15) is 0 Å². The molecule has 0 aromatic rings. The second-order valence-corrected chi connectivity index (χ2v) is 5.96. The fraction of sp³-hybridized carbons (Fsp3) is 0.933. The molecule has 2 heterocycles. The van der Waals surface area contributed by atoms with Crippen LogP contribution < -0.4 is 5.32 Å². The lowest BCUT2D eigenvalue weighted by Gasteiger charge is -2.33. The van der Waals surface area contributed by atoms with E-state index in [9.17, 15) is 4.79 Å². The lowest BCUT2D eigenvalue weighted by molar-refractivity contribution is -0.130. The van der Waals surface area contributed by atoms with Crippen LogP contribution in [0.4, 0.5) is 0 Å². The molecule has 1 atom stereocenters. The number of nitrogens with one attached hydrogen (secondary N) is 1. The van der Waals surface area contributed by atoms with Crippen molar-refractivity contribution in [3.05, 3.63) is 0 Å². The van der Waals surface area contributed by atoms with Crippen LogP contribution in [0.15, 0.2) is 0 Å². The van der Waals surface area contributed by atoms with Gasteiger partial charge in [0, 0.05) is 13.1 Å². The van der Waals surface area contributed by atoms with Gasteiger partial charge in [0.2, 0.25) is 5.91 Å². The van der Waals surface area contributed by atoms with E-state index in [1.165, 1.54) is 32.5 Å². The Morgan fingerprint density at radius 2 is 1.89 bits per heavy atom. The monoisotopic (exact) mass is 267 g/mol. The molecule has 4 heteroatoms. The Balaban J connectivity index is 1.73. The summed E-state index contributed by atoms with van der Waals surface area (Å²) in [5.74, 6) is 1.06. The number of nitrogens with zero attached hydrogens (tertiary/aromatic N) is 2. The van der Waals surface area contributed by atoms with Crippen LogP contribution >= 0.6 is 0 Å². The third kappa shape index (κ3) is 3.93. The molecule has 4 nitrogen and oxygen atoms in total. The molecule has 0 aromatic carbocycles. The topological polar surface area (TPSA) is 35.6 Å². The van der Waals surface area contributed by atoms with E-state index in [0.717, 1.165) is 38.4 Å². The minimum Gasteiger partial charge on any atom is -0.341 e. The molecule has 1 unspecified atom stereocenters. The Morgan fingerprint density at radius 3 is 2.53 bits per heavy atom. The zero-order valence-corrected chi connectivity index (χ0v) is 12.5. The van der Waals surface area contributed by atoms with Crippen molar-refractivity contribution in [3.8, 4) is 0 Å². The van der Waals surface area contributed by atoms with E-state index in [-0.39, 0.29) is 6.04 Å². The van der Waals surface area contributed by atoms with E-state index in [2.05, 4.69) is 29.0 Å². The van der Waals surface area contributed by atoms with Crippen molar-refractivity contribution in [2.24, 2.45) is 5.92 Å². The number of hydrogen-bond donors (Lipinski definition) is 1. The maximum atomic E-state index is 12.3. The number of piperidine rings is 1. The van der Waals surface area contributed by atoms with Gasteiger partial charge in [-0.3, -0.25) is 4.79 Å². The number of carbonyl (C=O) groups is 1. The average Bonchev–Trinajstić information content (AvgIpc) is 2.78. The van der Waals surface area contributed by atoms with E-state index in [4.69, 9.17) is 0 Å².